The quantitative estimate of drug-likeness (QED) is 0.559. The van der Waals surface area contributed by atoms with Gasteiger partial charge in [-0.15, -0.1) is 0 Å². The standard InChI is InChI=1S/C15H28/c1-13(2,3)7-9-15(11-12-15)10-8-14(4,5)6/h7,9H,8,10-12H2,1-6H3. The van der Waals surface area contributed by atoms with E-state index in [2.05, 4.69) is 53.7 Å². The van der Waals surface area contributed by atoms with Crippen LogP contribution in [0, 0.1) is 16.2 Å². The molecule has 1 fully saturated rings. The minimum absolute atomic E-state index is 0.345. The molecule has 0 saturated heterocycles. The SMILES string of the molecule is CC(C)(C)C=CC1(CCC(C)(C)C)CC1. The van der Waals surface area contributed by atoms with E-state index in [9.17, 15) is 0 Å². The highest BCUT2D eigenvalue weighted by molar-refractivity contribution is 5.11. The summed E-state index contributed by atoms with van der Waals surface area (Å²) in [6.45, 7) is 13.9. The molecular formula is C15H28. The topological polar surface area (TPSA) is 0 Å². The number of rotatable bonds is 3. The maximum Gasteiger partial charge on any atom is -0.0117 e. The summed E-state index contributed by atoms with van der Waals surface area (Å²) in [5, 5.41) is 0. The van der Waals surface area contributed by atoms with Crippen molar-refractivity contribution in [2.45, 2.75) is 67.2 Å². The first-order valence-electron chi connectivity index (χ1n) is 6.32. The van der Waals surface area contributed by atoms with Crippen LogP contribution in [-0.4, -0.2) is 0 Å². The summed E-state index contributed by atoms with van der Waals surface area (Å²) < 4.78 is 0. The van der Waals surface area contributed by atoms with Gasteiger partial charge in [-0.3, -0.25) is 0 Å². The Bertz CT molecular complexity index is 228. The largest absolute Gasteiger partial charge is 0.0826 e. The Morgan fingerprint density at radius 3 is 1.87 bits per heavy atom. The predicted molar refractivity (Wildman–Crippen MR) is 69.0 cm³/mol. The van der Waals surface area contributed by atoms with Crippen molar-refractivity contribution in [3.63, 3.8) is 0 Å². The number of hydrogen-bond acceptors (Lipinski definition) is 0. The van der Waals surface area contributed by atoms with E-state index in [-0.39, 0.29) is 0 Å². The monoisotopic (exact) mass is 208 g/mol. The van der Waals surface area contributed by atoms with Crippen molar-refractivity contribution in [3.8, 4) is 0 Å². The molecule has 0 heterocycles. The van der Waals surface area contributed by atoms with Gasteiger partial charge in [-0.05, 0) is 41.9 Å². The lowest BCUT2D eigenvalue weighted by Crippen LogP contribution is -2.09. The molecule has 0 aromatic carbocycles. The lowest BCUT2D eigenvalue weighted by molar-refractivity contribution is 0.333. The summed E-state index contributed by atoms with van der Waals surface area (Å²) in [6, 6.07) is 0. The van der Waals surface area contributed by atoms with Gasteiger partial charge in [0, 0.05) is 0 Å². The van der Waals surface area contributed by atoms with E-state index in [1.807, 2.05) is 0 Å². The van der Waals surface area contributed by atoms with Crippen molar-refractivity contribution in [1.82, 2.24) is 0 Å². The molecule has 1 saturated carbocycles. The van der Waals surface area contributed by atoms with Crippen LogP contribution in [-0.2, 0) is 0 Å². The van der Waals surface area contributed by atoms with Crippen LogP contribution < -0.4 is 0 Å². The van der Waals surface area contributed by atoms with E-state index in [4.69, 9.17) is 0 Å². The second-order valence-electron chi connectivity index (χ2n) is 7.62. The summed E-state index contributed by atoms with van der Waals surface area (Å²) in [4.78, 5) is 0. The first kappa shape index (κ1) is 12.8. The lowest BCUT2D eigenvalue weighted by Gasteiger charge is -2.22. The summed E-state index contributed by atoms with van der Waals surface area (Å²) in [5.41, 5.74) is 1.42. The fourth-order valence-corrected chi connectivity index (χ4v) is 1.71. The van der Waals surface area contributed by atoms with E-state index in [1.165, 1.54) is 25.7 Å². The van der Waals surface area contributed by atoms with Gasteiger partial charge in [0.2, 0.25) is 0 Å². The summed E-state index contributed by atoms with van der Waals surface area (Å²) in [5.74, 6) is 0. The van der Waals surface area contributed by atoms with Crippen molar-refractivity contribution >= 4 is 0 Å². The molecule has 0 N–H and O–H groups in total. The third-order valence-electron chi connectivity index (χ3n) is 3.20. The zero-order valence-corrected chi connectivity index (χ0v) is 11.5. The van der Waals surface area contributed by atoms with Crippen LogP contribution >= 0.6 is 0 Å². The van der Waals surface area contributed by atoms with Gasteiger partial charge in [0.25, 0.3) is 0 Å². The van der Waals surface area contributed by atoms with Crippen LogP contribution in [0.4, 0.5) is 0 Å². The van der Waals surface area contributed by atoms with Crippen LogP contribution in [0.2, 0.25) is 0 Å². The van der Waals surface area contributed by atoms with Gasteiger partial charge in [-0.2, -0.15) is 0 Å². The molecule has 0 aliphatic heterocycles. The number of allylic oxidation sites excluding steroid dienone is 2. The van der Waals surface area contributed by atoms with Gasteiger partial charge in [-0.1, -0.05) is 53.7 Å². The fourth-order valence-electron chi connectivity index (χ4n) is 1.71. The third kappa shape index (κ3) is 5.39. The molecule has 0 nitrogen and oxygen atoms in total. The Kier molecular flexibility index (Phi) is 3.38. The highest BCUT2D eigenvalue weighted by Crippen LogP contribution is 2.52. The van der Waals surface area contributed by atoms with Gasteiger partial charge in [0.1, 0.15) is 0 Å². The molecule has 1 rings (SSSR count). The normalized spacial score (nSPS) is 20.9. The maximum absolute atomic E-state index is 2.50. The second-order valence-corrected chi connectivity index (χ2v) is 7.62. The van der Waals surface area contributed by atoms with Crippen LogP contribution in [0.1, 0.15) is 67.2 Å². The molecule has 0 heteroatoms. The van der Waals surface area contributed by atoms with Crippen LogP contribution in [0.15, 0.2) is 12.2 Å². The fraction of sp³-hybridized carbons (Fsp3) is 0.867. The zero-order chi connectivity index (χ0) is 11.7. The Morgan fingerprint density at radius 1 is 1.00 bits per heavy atom. The van der Waals surface area contributed by atoms with Crippen molar-refractivity contribution < 1.29 is 0 Å². The molecule has 15 heavy (non-hydrogen) atoms. The van der Waals surface area contributed by atoms with E-state index in [1.54, 1.807) is 0 Å². The van der Waals surface area contributed by atoms with Gasteiger partial charge in [0.05, 0.1) is 0 Å². The van der Waals surface area contributed by atoms with E-state index in [0.717, 1.165) is 0 Å². The van der Waals surface area contributed by atoms with Crippen molar-refractivity contribution in [1.29, 1.82) is 0 Å². The minimum Gasteiger partial charge on any atom is -0.0826 e. The predicted octanol–water partition coefficient (Wildman–Crippen LogP) is 5.20. The third-order valence-corrected chi connectivity index (χ3v) is 3.20. The van der Waals surface area contributed by atoms with Crippen LogP contribution in [0.3, 0.4) is 0 Å². The molecule has 0 aromatic rings. The molecule has 0 bridgehead atoms. The molecular weight excluding hydrogens is 180 g/mol. The maximum atomic E-state index is 2.50. The highest BCUT2D eigenvalue weighted by atomic mass is 14.4. The molecule has 1 aliphatic rings. The van der Waals surface area contributed by atoms with Crippen molar-refractivity contribution in [2.24, 2.45) is 16.2 Å². The van der Waals surface area contributed by atoms with Crippen LogP contribution in [0.5, 0.6) is 0 Å². The molecule has 0 amide bonds. The molecule has 0 radical (unpaired) electrons. The Hall–Kier alpha value is -0.260. The van der Waals surface area contributed by atoms with E-state index in [0.29, 0.717) is 16.2 Å². The molecule has 0 aromatic heterocycles. The van der Waals surface area contributed by atoms with E-state index >= 15 is 0 Å². The number of hydrogen-bond donors (Lipinski definition) is 0. The van der Waals surface area contributed by atoms with Gasteiger partial charge in [0.15, 0.2) is 0 Å². The highest BCUT2D eigenvalue weighted by Gasteiger charge is 2.40. The Labute approximate surface area is 96.2 Å². The van der Waals surface area contributed by atoms with Gasteiger partial charge >= 0.3 is 0 Å². The van der Waals surface area contributed by atoms with Gasteiger partial charge < -0.3 is 0 Å². The second kappa shape index (κ2) is 3.96. The molecule has 88 valence electrons. The summed E-state index contributed by atoms with van der Waals surface area (Å²) >= 11 is 0. The lowest BCUT2D eigenvalue weighted by atomic mass is 9.84. The molecule has 0 atom stereocenters. The minimum atomic E-state index is 0.345. The van der Waals surface area contributed by atoms with Crippen molar-refractivity contribution in [3.05, 3.63) is 12.2 Å². The Balaban J connectivity index is 2.44. The zero-order valence-electron chi connectivity index (χ0n) is 11.5. The average molecular weight is 208 g/mol. The summed E-state index contributed by atoms with van der Waals surface area (Å²) in [6.07, 6.45) is 10.5. The molecule has 1 aliphatic carbocycles. The van der Waals surface area contributed by atoms with E-state index < -0.39 is 0 Å². The van der Waals surface area contributed by atoms with Crippen molar-refractivity contribution in [2.75, 3.05) is 0 Å². The molecule has 0 unspecified atom stereocenters. The first-order chi connectivity index (χ1) is 6.62. The van der Waals surface area contributed by atoms with Crippen LogP contribution in [0.25, 0.3) is 0 Å². The smallest absolute Gasteiger partial charge is 0.0117 e. The molecule has 0 spiro atoms. The summed E-state index contributed by atoms with van der Waals surface area (Å²) in [7, 11) is 0. The first-order valence-corrected chi connectivity index (χ1v) is 6.32. The van der Waals surface area contributed by atoms with Gasteiger partial charge in [-0.25, -0.2) is 0 Å². The average Bonchev–Trinajstić information content (AvgIpc) is 2.76. The Morgan fingerprint density at radius 2 is 1.53 bits per heavy atom.